The van der Waals surface area contributed by atoms with E-state index in [2.05, 4.69) is 16.8 Å². The molecule has 104 valence electrons. The van der Waals surface area contributed by atoms with Gasteiger partial charge in [-0.1, -0.05) is 6.92 Å². The minimum atomic E-state index is -0.0294. The number of hydrogen-bond acceptors (Lipinski definition) is 4. The van der Waals surface area contributed by atoms with Crippen LogP contribution < -0.4 is 4.74 Å². The predicted molar refractivity (Wildman–Crippen MR) is 73.3 cm³/mol. The van der Waals surface area contributed by atoms with Crippen LogP contribution in [0, 0.1) is 5.92 Å². The number of pyridine rings is 1. The summed E-state index contributed by atoms with van der Waals surface area (Å²) in [5, 5.41) is 0. The van der Waals surface area contributed by atoms with Crippen molar-refractivity contribution in [2.75, 3.05) is 34.2 Å². The van der Waals surface area contributed by atoms with Gasteiger partial charge in [-0.05, 0) is 26.2 Å². The van der Waals surface area contributed by atoms with E-state index < -0.39 is 0 Å². The number of amides is 1. The second-order valence-electron chi connectivity index (χ2n) is 5.44. The fourth-order valence-corrected chi connectivity index (χ4v) is 2.32. The zero-order chi connectivity index (χ0) is 14.0. The van der Waals surface area contributed by atoms with Crippen molar-refractivity contribution in [1.29, 1.82) is 0 Å². The number of ether oxygens (including phenoxy) is 1. The van der Waals surface area contributed by atoms with E-state index in [9.17, 15) is 4.79 Å². The van der Waals surface area contributed by atoms with Crippen LogP contribution in [-0.4, -0.2) is 61.0 Å². The van der Waals surface area contributed by atoms with Crippen molar-refractivity contribution in [1.82, 2.24) is 14.8 Å². The standard InChI is InChI=1S/C14H21N3O2/c1-10-8-17(4)14(18)11-6-5-7-15-13(11)19-12(10)9-16(2)3/h5-7,10,12H,8-9H2,1-4H3/t10-,12-/m0/s1. The number of hydrogen-bond donors (Lipinski definition) is 0. The van der Waals surface area contributed by atoms with Gasteiger partial charge in [-0.15, -0.1) is 0 Å². The molecular weight excluding hydrogens is 242 g/mol. The van der Waals surface area contributed by atoms with Crippen molar-refractivity contribution < 1.29 is 9.53 Å². The summed E-state index contributed by atoms with van der Waals surface area (Å²) < 4.78 is 5.98. The summed E-state index contributed by atoms with van der Waals surface area (Å²) in [4.78, 5) is 20.3. The van der Waals surface area contributed by atoms with E-state index in [1.807, 2.05) is 21.1 Å². The lowest BCUT2D eigenvalue weighted by Gasteiger charge is -2.33. The Labute approximate surface area is 114 Å². The van der Waals surface area contributed by atoms with Crippen molar-refractivity contribution in [3.8, 4) is 5.88 Å². The van der Waals surface area contributed by atoms with Gasteiger partial charge in [0.2, 0.25) is 5.88 Å². The van der Waals surface area contributed by atoms with E-state index in [1.54, 1.807) is 23.2 Å². The van der Waals surface area contributed by atoms with Gasteiger partial charge in [0.25, 0.3) is 5.91 Å². The lowest BCUT2D eigenvalue weighted by Crippen LogP contribution is -2.44. The molecule has 1 amide bonds. The molecule has 0 saturated heterocycles. The molecule has 5 nitrogen and oxygen atoms in total. The third-order valence-electron chi connectivity index (χ3n) is 3.35. The third kappa shape index (κ3) is 3.04. The summed E-state index contributed by atoms with van der Waals surface area (Å²) in [6, 6.07) is 3.53. The molecule has 0 bridgehead atoms. The number of rotatable bonds is 2. The van der Waals surface area contributed by atoms with Crippen LogP contribution in [0.1, 0.15) is 17.3 Å². The van der Waals surface area contributed by atoms with Gasteiger partial charge in [-0.2, -0.15) is 0 Å². The second-order valence-corrected chi connectivity index (χ2v) is 5.44. The molecule has 2 heterocycles. The number of aromatic nitrogens is 1. The number of fused-ring (bicyclic) bond motifs is 1. The van der Waals surface area contributed by atoms with Crippen molar-refractivity contribution >= 4 is 5.91 Å². The van der Waals surface area contributed by atoms with Crippen LogP contribution in [0.4, 0.5) is 0 Å². The van der Waals surface area contributed by atoms with E-state index in [4.69, 9.17) is 4.74 Å². The van der Waals surface area contributed by atoms with Gasteiger partial charge in [0.15, 0.2) is 0 Å². The lowest BCUT2D eigenvalue weighted by atomic mass is 10.0. The Morgan fingerprint density at radius 3 is 2.95 bits per heavy atom. The molecule has 1 aliphatic rings. The zero-order valence-electron chi connectivity index (χ0n) is 12.0. The largest absolute Gasteiger partial charge is 0.472 e. The molecule has 2 rings (SSSR count). The molecule has 0 saturated carbocycles. The Morgan fingerprint density at radius 2 is 2.26 bits per heavy atom. The Hall–Kier alpha value is -1.62. The van der Waals surface area contributed by atoms with E-state index in [-0.39, 0.29) is 17.9 Å². The molecule has 0 spiro atoms. The van der Waals surface area contributed by atoms with Crippen LogP contribution in [0.15, 0.2) is 18.3 Å². The van der Waals surface area contributed by atoms with Gasteiger partial charge in [0.05, 0.1) is 0 Å². The molecule has 0 aliphatic carbocycles. The van der Waals surface area contributed by atoms with Gasteiger partial charge in [0, 0.05) is 32.3 Å². The Kier molecular flexibility index (Phi) is 4.04. The van der Waals surface area contributed by atoms with E-state index in [0.29, 0.717) is 18.0 Å². The van der Waals surface area contributed by atoms with E-state index in [0.717, 1.165) is 6.54 Å². The minimum Gasteiger partial charge on any atom is -0.472 e. The van der Waals surface area contributed by atoms with Crippen LogP contribution in [0.3, 0.4) is 0 Å². The Morgan fingerprint density at radius 1 is 1.53 bits per heavy atom. The first-order valence-electron chi connectivity index (χ1n) is 6.51. The van der Waals surface area contributed by atoms with E-state index >= 15 is 0 Å². The van der Waals surface area contributed by atoms with Gasteiger partial charge in [0.1, 0.15) is 11.7 Å². The molecule has 0 N–H and O–H groups in total. The second kappa shape index (κ2) is 5.57. The zero-order valence-corrected chi connectivity index (χ0v) is 12.0. The smallest absolute Gasteiger partial charge is 0.259 e. The molecule has 0 unspecified atom stereocenters. The fourth-order valence-electron chi connectivity index (χ4n) is 2.32. The Balaban J connectivity index is 2.34. The summed E-state index contributed by atoms with van der Waals surface area (Å²) in [5.74, 6) is 0.669. The molecule has 1 aliphatic heterocycles. The third-order valence-corrected chi connectivity index (χ3v) is 3.35. The van der Waals surface area contributed by atoms with Crippen molar-refractivity contribution in [3.63, 3.8) is 0 Å². The minimum absolute atomic E-state index is 0.0270. The molecule has 0 fully saturated rings. The van der Waals surface area contributed by atoms with Crippen LogP contribution >= 0.6 is 0 Å². The maximum absolute atomic E-state index is 12.3. The first-order valence-corrected chi connectivity index (χ1v) is 6.51. The van der Waals surface area contributed by atoms with Crippen LogP contribution in [0.5, 0.6) is 5.88 Å². The summed E-state index contributed by atoms with van der Waals surface area (Å²) in [6.07, 6.45) is 1.68. The highest BCUT2D eigenvalue weighted by Crippen LogP contribution is 2.24. The monoisotopic (exact) mass is 263 g/mol. The van der Waals surface area contributed by atoms with Gasteiger partial charge >= 0.3 is 0 Å². The Bertz CT molecular complexity index is 462. The number of carbonyl (C=O) groups excluding carboxylic acids is 1. The predicted octanol–water partition coefficient (Wildman–Crippen LogP) is 1.11. The highest BCUT2D eigenvalue weighted by atomic mass is 16.5. The summed E-state index contributed by atoms with van der Waals surface area (Å²) in [5.41, 5.74) is 0.542. The van der Waals surface area contributed by atoms with Crippen LogP contribution in [-0.2, 0) is 0 Å². The van der Waals surface area contributed by atoms with E-state index in [1.165, 1.54) is 0 Å². The molecule has 19 heavy (non-hydrogen) atoms. The maximum atomic E-state index is 12.3. The van der Waals surface area contributed by atoms with Crippen molar-refractivity contribution in [2.45, 2.75) is 13.0 Å². The topological polar surface area (TPSA) is 45.7 Å². The lowest BCUT2D eigenvalue weighted by molar-refractivity contribution is 0.0557. The first kappa shape index (κ1) is 13.8. The number of nitrogens with zero attached hydrogens (tertiary/aromatic N) is 3. The summed E-state index contributed by atoms with van der Waals surface area (Å²) >= 11 is 0. The molecular formula is C14H21N3O2. The average molecular weight is 263 g/mol. The molecule has 2 atom stereocenters. The number of carbonyl (C=O) groups is 1. The molecule has 5 heteroatoms. The van der Waals surface area contributed by atoms with Gasteiger partial charge in [-0.25, -0.2) is 4.98 Å². The van der Waals surface area contributed by atoms with Crippen LogP contribution in [0.2, 0.25) is 0 Å². The normalized spacial score (nSPS) is 23.6. The van der Waals surface area contributed by atoms with Gasteiger partial charge in [-0.3, -0.25) is 4.79 Å². The average Bonchev–Trinajstić information content (AvgIpc) is 2.36. The fraction of sp³-hybridized carbons (Fsp3) is 0.571. The highest BCUT2D eigenvalue weighted by Gasteiger charge is 2.29. The van der Waals surface area contributed by atoms with Crippen LogP contribution in [0.25, 0.3) is 0 Å². The number of likely N-dealkylation sites (N-methyl/N-ethyl adjacent to an activating group) is 1. The SMILES string of the molecule is C[C@H]1CN(C)C(=O)c2cccnc2O[C@H]1CN(C)C. The van der Waals surface area contributed by atoms with Gasteiger partial charge < -0.3 is 14.5 Å². The van der Waals surface area contributed by atoms with Crippen molar-refractivity contribution in [2.24, 2.45) is 5.92 Å². The summed E-state index contributed by atoms with van der Waals surface area (Å²) in [7, 11) is 5.86. The molecule has 0 aromatic carbocycles. The maximum Gasteiger partial charge on any atom is 0.259 e. The van der Waals surface area contributed by atoms with Crippen molar-refractivity contribution in [3.05, 3.63) is 23.9 Å². The molecule has 1 aromatic rings. The highest BCUT2D eigenvalue weighted by molar-refractivity contribution is 5.96. The summed E-state index contributed by atoms with van der Waals surface area (Å²) in [6.45, 7) is 3.59. The molecule has 1 aromatic heterocycles. The molecule has 0 radical (unpaired) electrons. The first-order chi connectivity index (χ1) is 8.99. The quantitative estimate of drug-likeness (QED) is 0.802.